The van der Waals surface area contributed by atoms with Crippen LogP contribution in [0.15, 0.2) is 63.0 Å². The van der Waals surface area contributed by atoms with Crippen LogP contribution in [-0.4, -0.2) is 23.1 Å². The Hall–Kier alpha value is -3.44. The minimum absolute atomic E-state index is 0.0688. The van der Waals surface area contributed by atoms with Gasteiger partial charge in [0.25, 0.3) is 5.56 Å². The highest BCUT2D eigenvalue weighted by atomic mass is 32.2. The minimum atomic E-state index is -4.81. The van der Waals surface area contributed by atoms with Crippen molar-refractivity contribution in [1.82, 2.24) is 4.57 Å². The first-order valence-electron chi connectivity index (χ1n) is 11.7. The Labute approximate surface area is 228 Å². The van der Waals surface area contributed by atoms with Gasteiger partial charge in [0.2, 0.25) is 0 Å². The summed E-state index contributed by atoms with van der Waals surface area (Å²) in [7, 11) is 1.28. The summed E-state index contributed by atoms with van der Waals surface area (Å²) in [5.41, 5.74) is -1.16. The largest absolute Gasteiger partial charge is 0.494 e. The number of thioether (sulfide) groups is 1. The van der Waals surface area contributed by atoms with Gasteiger partial charge in [0.1, 0.15) is 5.82 Å². The highest BCUT2D eigenvalue weighted by Crippen LogP contribution is 2.43. The third kappa shape index (κ3) is 4.67. The predicted octanol–water partition coefficient (Wildman–Crippen LogP) is 7.50. The molecule has 202 valence electrons. The van der Waals surface area contributed by atoms with Crippen molar-refractivity contribution in [2.75, 3.05) is 12.9 Å². The summed E-state index contributed by atoms with van der Waals surface area (Å²) in [5.74, 6) is -1.68. The van der Waals surface area contributed by atoms with E-state index in [0.717, 1.165) is 18.2 Å². The van der Waals surface area contributed by atoms with Gasteiger partial charge in [0.05, 0.1) is 35.0 Å². The van der Waals surface area contributed by atoms with Gasteiger partial charge in [-0.1, -0.05) is 18.2 Å². The molecule has 1 aliphatic heterocycles. The van der Waals surface area contributed by atoms with Gasteiger partial charge in [0, 0.05) is 28.9 Å². The van der Waals surface area contributed by atoms with Crippen LogP contribution < -0.4 is 10.3 Å². The van der Waals surface area contributed by atoms with Crippen molar-refractivity contribution in [2.24, 2.45) is 0 Å². The van der Waals surface area contributed by atoms with Crippen molar-refractivity contribution in [3.05, 3.63) is 103 Å². The molecule has 1 unspecified atom stereocenters. The zero-order valence-electron chi connectivity index (χ0n) is 20.7. The molecule has 0 spiro atoms. The second-order valence-electron chi connectivity index (χ2n) is 8.97. The molecule has 4 nitrogen and oxygen atoms in total. The maximum atomic E-state index is 15.5. The molecule has 1 N–H and O–H groups in total. The molecule has 4 aromatic rings. The molecule has 0 amide bonds. The maximum absolute atomic E-state index is 15.5. The normalized spacial score (nSPS) is 14.9. The van der Waals surface area contributed by atoms with Crippen LogP contribution in [0.1, 0.15) is 33.9 Å². The minimum Gasteiger partial charge on any atom is -0.494 e. The average Bonchev–Trinajstić information content (AvgIpc) is 3.58. The van der Waals surface area contributed by atoms with Crippen LogP contribution in [0.3, 0.4) is 0 Å². The zero-order chi connectivity index (χ0) is 28.1. The molecule has 0 radical (unpaired) electrons. The first-order valence-corrected chi connectivity index (χ1v) is 13.7. The van der Waals surface area contributed by atoms with Gasteiger partial charge in [-0.2, -0.15) is 24.5 Å². The highest BCUT2D eigenvalue weighted by molar-refractivity contribution is 7.99. The molecule has 0 aliphatic carbocycles. The van der Waals surface area contributed by atoms with Crippen LogP contribution in [0.4, 0.5) is 22.0 Å². The fraction of sp³-hybridized carbons (Fsp3) is 0.214. The lowest BCUT2D eigenvalue weighted by Crippen LogP contribution is -2.31. The molecular formula is C28H21F5N2O2S2. The standard InChI is InChI=1S/C28H21F5N2O2S2/c1-14-17(11-18-19(28(31,32)33)6-4-7-20(18)29)27-35(21(13-39-27)25(34)15-9-10-38-12-15)26(36)23(14)16-5-3-8-22(37-2)24(16)30/h3-10,12,21,34H,11,13H2,1-2H3. The Balaban J connectivity index is 1.80. The van der Waals surface area contributed by atoms with E-state index in [1.165, 1.54) is 59.9 Å². The van der Waals surface area contributed by atoms with Crippen molar-refractivity contribution in [1.29, 1.82) is 5.41 Å². The number of thiophene rings is 1. The van der Waals surface area contributed by atoms with Gasteiger partial charge in [-0.15, -0.1) is 11.8 Å². The van der Waals surface area contributed by atoms with Crippen LogP contribution in [0.5, 0.6) is 5.75 Å². The smallest absolute Gasteiger partial charge is 0.416 e. The number of hydrogen-bond donors (Lipinski definition) is 1. The van der Waals surface area contributed by atoms with E-state index in [1.807, 2.05) is 0 Å². The molecule has 0 fully saturated rings. The van der Waals surface area contributed by atoms with Gasteiger partial charge in [-0.05, 0) is 53.1 Å². The highest BCUT2D eigenvalue weighted by Gasteiger charge is 2.37. The number of rotatable bonds is 6. The molecule has 0 saturated heterocycles. The van der Waals surface area contributed by atoms with E-state index in [1.54, 1.807) is 16.8 Å². The molecule has 2 aromatic heterocycles. The zero-order valence-corrected chi connectivity index (χ0v) is 22.3. The number of aromatic nitrogens is 1. The predicted molar refractivity (Wildman–Crippen MR) is 143 cm³/mol. The molecule has 5 rings (SSSR count). The molecule has 11 heteroatoms. The molecule has 0 saturated carbocycles. The summed E-state index contributed by atoms with van der Waals surface area (Å²) in [4.78, 5) is 14.0. The van der Waals surface area contributed by atoms with E-state index in [9.17, 15) is 22.4 Å². The molecule has 1 atom stereocenters. The monoisotopic (exact) mass is 576 g/mol. The van der Waals surface area contributed by atoms with Gasteiger partial charge < -0.3 is 10.1 Å². The summed E-state index contributed by atoms with van der Waals surface area (Å²) < 4.78 is 78.4. The number of hydrogen-bond acceptors (Lipinski definition) is 5. The fourth-order valence-corrected chi connectivity index (χ4v) is 6.93. The Morgan fingerprint density at radius 1 is 1.13 bits per heavy atom. The third-order valence-electron chi connectivity index (χ3n) is 6.82. The van der Waals surface area contributed by atoms with Crippen molar-refractivity contribution in [3.8, 4) is 16.9 Å². The number of fused-ring (bicyclic) bond motifs is 1. The van der Waals surface area contributed by atoms with E-state index in [4.69, 9.17) is 10.1 Å². The summed E-state index contributed by atoms with van der Waals surface area (Å²) in [6, 6.07) is 8.05. The molecule has 2 aromatic carbocycles. The van der Waals surface area contributed by atoms with Crippen LogP contribution in [0, 0.1) is 24.0 Å². The number of benzene rings is 2. The van der Waals surface area contributed by atoms with Gasteiger partial charge in [0.15, 0.2) is 11.6 Å². The number of halogens is 5. The number of methoxy groups -OCH3 is 1. The second kappa shape index (κ2) is 10.3. The van der Waals surface area contributed by atoms with Crippen LogP contribution in [0.2, 0.25) is 0 Å². The van der Waals surface area contributed by atoms with Crippen molar-refractivity contribution in [2.45, 2.75) is 30.6 Å². The SMILES string of the molecule is COc1cccc(-c2c(C)c(Cc3c(F)cccc3C(F)(F)F)c3n(c2=O)C(C(=N)c2ccsc2)CS3)c1F. The lowest BCUT2D eigenvalue weighted by atomic mass is 9.92. The molecular weight excluding hydrogens is 555 g/mol. The van der Waals surface area contributed by atoms with Crippen molar-refractivity contribution >= 4 is 28.8 Å². The van der Waals surface area contributed by atoms with Crippen LogP contribution in [-0.2, 0) is 12.6 Å². The third-order valence-corrected chi connectivity index (χ3v) is 8.70. The van der Waals surface area contributed by atoms with Crippen molar-refractivity contribution < 1.29 is 26.7 Å². The maximum Gasteiger partial charge on any atom is 0.416 e. The lowest BCUT2D eigenvalue weighted by molar-refractivity contribution is -0.138. The summed E-state index contributed by atoms with van der Waals surface area (Å²) in [5, 5.41) is 12.7. The van der Waals surface area contributed by atoms with E-state index in [2.05, 4.69) is 0 Å². The van der Waals surface area contributed by atoms with E-state index < -0.39 is 47.0 Å². The number of nitrogens with one attached hydrogen (secondary N) is 1. The number of nitrogens with zero attached hydrogens (tertiary/aromatic N) is 1. The second-order valence-corrected chi connectivity index (χ2v) is 10.8. The molecule has 3 heterocycles. The van der Waals surface area contributed by atoms with Crippen LogP contribution >= 0.6 is 23.1 Å². The average molecular weight is 577 g/mol. The first-order chi connectivity index (χ1) is 18.5. The topological polar surface area (TPSA) is 55.1 Å². The Kier molecular flexibility index (Phi) is 7.15. The fourth-order valence-electron chi connectivity index (χ4n) is 4.89. The Morgan fingerprint density at radius 2 is 1.87 bits per heavy atom. The molecule has 39 heavy (non-hydrogen) atoms. The van der Waals surface area contributed by atoms with Gasteiger partial charge in [-0.25, -0.2) is 8.78 Å². The summed E-state index contributed by atoms with van der Waals surface area (Å²) >= 11 is 2.60. The number of ether oxygens (including phenoxy) is 1. The number of alkyl halides is 3. The number of pyridine rings is 1. The van der Waals surface area contributed by atoms with Crippen molar-refractivity contribution in [3.63, 3.8) is 0 Å². The van der Waals surface area contributed by atoms with Gasteiger partial charge >= 0.3 is 6.18 Å². The summed E-state index contributed by atoms with van der Waals surface area (Å²) in [6.45, 7) is 1.53. The van der Waals surface area contributed by atoms with E-state index >= 15 is 4.39 Å². The van der Waals surface area contributed by atoms with E-state index in [-0.39, 0.29) is 39.5 Å². The Morgan fingerprint density at radius 3 is 2.54 bits per heavy atom. The molecule has 1 aliphatic rings. The van der Waals surface area contributed by atoms with E-state index in [0.29, 0.717) is 10.6 Å². The first kappa shape index (κ1) is 27.1. The van der Waals surface area contributed by atoms with Gasteiger partial charge in [-0.3, -0.25) is 9.36 Å². The summed E-state index contributed by atoms with van der Waals surface area (Å²) in [6.07, 6.45) is -5.29. The lowest BCUT2D eigenvalue weighted by Gasteiger charge is -2.22. The Bertz CT molecular complexity index is 1650. The molecule has 0 bridgehead atoms. The van der Waals surface area contributed by atoms with Crippen LogP contribution in [0.25, 0.3) is 11.1 Å². The quantitative estimate of drug-likeness (QED) is 0.191.